The number of benzene rings is 1. The Hall–Kier alpha value is -3.78. The number of ketones is 1. The second-order valence-corrected chi connectivity index (χ2v) is 8.04. The predicted molar refractivity (Wildman–Crippen MR) is 126 cm³/mol. The molecule has 0 unspecified atom stereocenters. The van der Waals surface area contributed by atoms with Crippen LogP contribution in [0.2, 0.25) is 0 Å². The number of amides is 1. The summed E-state index contributed by atoms with van der Waals surface area (Å²) in [7, 11) is 0. The van der Waals surface area contributed by atoms with Crippen LogP contribution >= 0.6 is 15.9 Å². The molecular formula is C25H20BrN3O4. The van der Waals surface area contributed by atoms with Crippen molar-refractivity contribution in [1.82, 2.24) is 14.7 Å². The Morgan fingerprint density at radius 1 is 1.06 bits per heavy atom. The molecule has 0 fully saturated rings. The molecular weight excluding hydrogens is 486 g/mol. The third-order valence-corrected chi connectivity index (χ3v) is 5.75. The van der Waals surface area contributed by atoms with Gasteiger partial charge in [0.1, 0.15) is 0 Å². The first-order valence-corrected chi connectivity index (χ1v) is 11.1. The molecule has 3 aromatic heterocycles. The van der Waals surface area contributed by atoms with Gasteiger partial charge in [-0.05, 0) is 48.9 Å². The Bertz CT molecular complexity index is 1350. The van der Waals surface area contributed by atoms with Gasteiger partial charge < -0.3 is 14.5 Å². The van der Waals surface area contributed by atoms with E-state index in [4.69, 9.17) is 4.74 Å². The molecule has 0 aliphatic carbocycles. The molecule has 0 saturated carbocycles. The molecule has 0 atom stereocenters. The molecule has 0 radical (unpaired) electrons. The summed E-state index contributed by atoms with van der Waals surface area (Å²) in [4.78, 5) is 42.7. The minimum absolute atomic E-state index is 0.189. The number of halogens is 1. The Balaban J connectivity index is 1.72. The molecule has 7 nitrogen and oxygen atoms in total. The van der Waals surface area contributed by atoms with E-state index in [-0.39, 0.29) is 23.9 Å². The zero-order valence-corrected chi connectivity index (χ0v) is 19.3. The van der Waals surface area contributed by atoms with Crippen LogP contribution in [0.4, 0.5) is 0 Å². The van der Waals surface area contributed by atoms with Crippen molar-refractivity contribution in [3.05, 3.63) is 106 Å². The van der Waals surface area contributed by atoms with Crippen LogP contribution in [-0.4, -0.2) is 33.7 Å². The molecule has 1 aromatic carbocycles. The lowest BCUT2D eigenvalue weighted by Gasteiger charge is -2.08. The van der Waals surface area contributed by atoms with Crippen LogP contribution in [0.3, 0.4) is 0 Å². The van der Waals surface area contributed by atoms with Crippen molar-refractivity contribution in [1.29, 1.82) is 0 Å². The molecule has 0 aliphatic heterocycles. The summed E-state index contributed by atoms with van der Waals surface area (Å²) in [6, 6.07) is 15.4. The van der Waals surface area contributed by atoms with Crippen LogP contribution in [0, 0.1) is 0 Å². The second-order valence-electron chi connectivity index (χ2n) is 7.19. The first-order chi connectivity index (χ1) is 16.0. The van der Waals surface area contributed by atoms with Gasteiger partial charge in [0.05, 0.1) is 23.4 Å². The maximum Gasteiger partial charge on any atom is 0.340 e. The Morgan fingerprint density at radius 3 is 2.61 bits per heavy atom. The molecule has 33 heavy (non-hydrogen) atoms. The maximum atomic E-state index is 13.3. The van der Waals surface area contributed by atoms with E-state index in [0.29, 0.717) is 33.4 Å². The predicted octanol–water partition coefficient (Wildman–Crippen LogP) is 4.43. The van der Waals surface area contributed by atoms with E-state index in [0.717, 1.165) is 5.56 Å². The second kappa shape index (κ2) is 9.79. The monoisotopic (exact) mass is 505 g/mol. The van der Waals surface area contributed by atoms with Crippen molar-refractivity contribution in [2.75, 3.05) is 6.61 Å². The van der Waals surface area contributed by atoms with E-state index < -0.39 is 5.97 Å². The maximum absolute atomic E-state index is 13.3. The minimum atomic E-state index is -0.561. The topological polar surface area (TPSA) is 89.8 Å². The zero-order chi connectivity index (χ0) is 23.4. The number of nitrogens with zero attached hydrogens (tertiary/aromatic N) is 2. The van der Waals surface area contributed by atoms with Gasteiger partial charge in [0.15, 0.2) is 0 Å². The Kier molecular flexibility index (Phi) is 6.65. The van der Waals surface area contributed by atoms with E-state index in [1.807, 2.05) is 12.1 Å². The number of esters is 1. The fourth-order valence-electron chi connectivity index (χ4n) is 3.46. The molecule has 166 valence electrons. The summed E-state index contributed by atoms with van der Waals surface area (Å²) in [5, 5.41) is 2.84. The fraction of sp³-hybridized carbons (Fsp3) is 0.120. The first-order valence-electron chi connectivity index (χ1n) is 10.3. The van der Waals surface area contributed by atoms with Gasteiger partial charge in [-0.3, -0.25) is 14.6 Å². The summed E-state index contributed by atoms with van der Waals surface area (Å²) in [6.07, 6.45) is 4.95. The first kappa shape index (κ1) is 22.4. The van der Waals surface area contributed by atoms with Crippen LogP contribution in [-0.2, 0) is 11.3 Å². The van der Waals surface area contributed by atoms with Gasteiger partial charge in [-0.2, -0.15) is 0 Å². The molecule has 1 amide bonds. The number of hydrogen-bond donors (Lipinski definition) is 1. The fourth-order valence-corrected chi connectivity index (χ4v) is 3.92. The zero-order valence-electron chi connectivity index (χ0n) is 17.7. The van der Waals surface area contributed by atoms with Gasteiger partial charge in [0, 0.05) is 40.7 Å². The van der Waals surface area contributed by atoms with E-state index in [2.05, 4.69) is 26.2 Å². The van der Waals surface area contributed by atoms with Crippen LogP contribution < -0.4 is 5.32 Å². The van der Waals surface area contributed by atoms with Crippen molar-refractivity contribution in [2.24, 2.45) is 0 Å². The van der Waals surface area contributed by atoms with Crippen molar-refractivity contribution in [3.63, 3.8) is 0 Å². The minimum Gasteiger partial charge on any atom is -0.462 e. The molecule has 4 aromatic rings. The largest absolute Gasteiger partial charge is 0.462 e. The lowest BCUT2D eigenvalue weighted by Crippen LogP contribution is -2.23. The lowest BCUT2D eigenvalue weighted by atomic mass is 10.1. The number of aromatic nitrogens is 2. The van der Waals surface area contributed by atoms with Crippen molar-refractivity contribution >= 4 is 39.1 Å². The van der Waals surface area contributed by atoms with Crippen molar-refractivity contribution in [3.8, 4) is 0 Å². The molecule has 0 bridgehead atoms. The summed E-state index contributed by atoms with van der Waals surface area (Å²) in [5.41, 5.74) is 2.61. The van der Waals surface area contributed by atoms with Gasteiger partial charge in [0.2, 0.25) is 5.78 Å². The number of fused-ring (bicyclic) bond motifs is 1. The van der Waals surface area contributed by atoms with Gasteiger partial charge in [-0.1, -0.05) is 34.1 Å². The molecule has 3 heterocycles. The number of carbonyl (C=O) groups excluding carboxylic acids is 3. The van der Waals surface area contributed by atoms with E-state index >= 15 is 0 Å². The van der Waals surface area contributed by atoms with Crippen molar-refractivity contribution < 1.29 is 19.1 Å². The summed E-state index contributed by atoms with van der Waals surface area (Å²) in [5.74, 6) is -1.13. The van der Waals surface area contributed by atoms with Crippen LogP contribution in [0.5, 0.6) is 0 Å². The van der Waals surface area contributed by atoms with Crippen LogP contribution in [0.25, 0.3) is 5.52 Å². The third kappa shape index (κ3) is 4.70. The van der Waals surface area contributed by atoms with E-state index in [9.17, 15) is 14.4 Å². The number of hydrogen-bond acceptors (Lipinski definition) is 5. The summed E-state index contributed by atoms with van der Waals surface area (Å²) >= 11 is 3.41. The lowest BCUT2D eigenvalue weighted by molar-refractivity contribution is 0.0528. The molecule has 4 rings (SSSR count). The highest BCUT2D eigenvalue weighted by atomic mass is 79.9. The van der Waals surface area contributed by atoms with Gasteiger partial charge in [-0.25, -0.2) is 4.79 Å². The summed E-state index contributed by atoms with van der Waals surface area (Å²) < 4.78 is 7.43. The number of nitrogens with one attached hydrogen (secondary N) is 1. The van der Waals surface area contributed by atoms with E-state index in [1.165, 1.54) is 6.07 Å². The summed E-state index contributed by atoms with van der Waals surface area (Å²) in [6.45, 7) is 2.21. The van der Waals surface area contributed by atoms with Crippen LogP contribution in [0.1, 0.15) is 49.3 Å². The Morgan fingerprint density at radius 2 is 1.88 bits per heavy atom. The third-order valence-electron chi connectivity index (χ3n) is 5.06. The van der Waals surface area contributed by atoms with Gasteiger partial charge >= 0.3 is 5.97 Å². The molecule has 8 heteroatoms. The SMILES string of the molecule is CCOC(=O)c1cc(C(=O)c2ccccc2Br)n2ccc(C(=O)NCc3cccnc3)cc12. The quantitative estimate of drug-likeness (QED) is 0.296. The highest BCUT2D eigenvalue weighted by Crippen LogP contribution is 2.25. The van der Waals surface area contributed by atoms with Crippen LogP contribution in [0.15, 0.2) is 77.7 Å². The number of ether oxygens (including phenoxy) is 1. The van der Waals surface area contributed by atoms with E-state index in [1.54, 1.807) is 66.3 Å². The smallest absolute Gasteiger partial charge is 0.340 e. The highest BCUT2D eigenvalue weighted by molar-refractivity contribution is 9.10. The number of rotatable bonds is 7. The number of carbonyl (C=O) groups is 3. The van der Waals surface area contributed by atoms with Gasteiger partial charge in [0.25, 0.3) is 5.91 Å². The molecule has 0 spiro atoms. The van der Waals surface area contributed by atoms with Gasteiger partial charge in [-0.15, -0.1) is 0 Å². The normalized spacial score (nSPS) is 10.7. The highest BCUT2D eigenvalue weighted by Gasteiger charge is 2.23. The molecule has 0 saturated heterocycles. The molecule has 1 N–H and O–H groups in total. The Labute approximate surface area is 198 Å². The average molecular weight is 506 g/mol. The van der Waals surface area contributed by atoms with Crippen molar-refractivity contribution in [2.45, 2.75) is 13.5 Å². The molecule has 0 aliphatic rings. The average Bonchev–Trinajstić information content (AvgIpc) is 3.22. The standard InChI is InChI=1S/C25H20BrN3O4/c1-2-33-25(32)19-13-22(23(30)18-7-3-4-8-20(18)26)29-11-9-17(12-21(19)29)24(31)28-15-16-6-5-10-27-14-16/h3-14H,2,15H2,1H3,(H,28,31). The number of pyridine rings is 2.